The van der Waals surface area contributed by atoms with Crippen LogP contribution in [-0.2, 0) is 6.42 Å². The molecule has 2 rings (SSSR count). The first kappa shape index (κ1) is 21.8. The largest absolute Gasteiger partial charge is 0.487 e. The second-order valence-corrected chi connectivity index (χ2v) is 6.74. The number of rotatable bonds is 8. The molecule has 0 bridgehead atoms. The van der Waals surface area contributed by atoms with Gasteiger partial charge in [-0.25, -0.2) is 4.39 Å². The summed E-state index contributed by atoms with van der Waals surface area (Å²) in [5.74, 6) is -0.00112. The van der Waals surface area contributed by atoms with E-state index in [0.29, 0.717) is 29.3 Å². The Morgan fingerprint density at radius 1 is 1.46 bits per heavy atom. The quantitative estimate of drug-likeness (QED) is 0.473. The predicted octanol–water partition coefficient (Wildman–Crippen LogP) is 4.67. The highest BCUT2D eigenvalue weighted by Gasteiger charge is 2.19. The number of hydrogen-bond acceptors (Lipinski definition) is 4. The zero-order chi connectivity index (χ0) is 20.5. The van der Waals surface area contributed by atoms with Crippen molar-refractivity contribution in [3.05, 3.63) is 87.5 Å². The van der Waals surface area contributed by atoms with Gasteiger partial charge in [0.2, 0.25) is 0 Å². The summed E-state index contributed by atoms with van der Waals surface area (Å²) >= 11 is 12.4. The number of ether oxygens (including phenoxy) is 1. The number of halogens is 3. The molecule has 148 valence electrons. The van der Waals surface area contributed by atoms with Gasteiger partial charge in [-0.05, 0) is 41.0 Å². The number of nitrogens with one attached hydrogen (secondary N) is 1. The van der Waals surface area contributed by atoms with Gasteiger partial charge in [0.1, 0.15) is 18.2 Å². The minimum Gasteiger partial charge on any atom is -0.487 e. The molecular weight excluding hydrogens is 400 g/mol. The van der Waals surface area contributed by atoms with Crippen LogP contribution in [0.25, 0.3) is 0 Å². The molecule has 3 N–H and O–H groups in total. The highest BCUT2D eigenvalue weighted by atomic mass is 35.5. The van der Waals surface area contributed by atoms with Crippen molar-refractivity contribution in [3.63, 3.8) is 0 Å². The molecule has 4 nitrogen and oxygen atoms in total. The van der Waals surface area contributed by atoms with Gasteiger partial charge in [-0.1, -0.05) is 35.9 Å². The number of benzene rings is 1. The van der Waals surface area contributed by atoms with E-state index in [2.05, 4.69) is 16.9 Å². The molecule has 0 saturated carbocycles. The lowest BCUT2D eigenvalue weighted by molar-refractivity contribution is 0.355. The van der Waals surface area contributed by atoms with Crippen molar-refractivity contribution in [1.82, 2.24) is 5.32 Å². The topological polar surface area (TPSA) is 59.6 Å². The molecule has 1 heterocycles. The number of nitrogens with zero attached hydrogens (tertiary/aromatic N) is 1. The summed E-state index contributed by atoms with van der Waals surface area (Å²) in [5, 5.41) is 3.75. The van der Waals surface area contributed by atoms with Crippen molar-refractivity contribution < 1.29 is 9.13 Å². The second kappa shape index (κ2) is 10.7. The van der Waals surface area contributed by atoms with Crippen LogP contribution in [0, 0.1) is 5.82 Å². The Morgan fingerprint density at radius 3 is 2.93 bits per heavy atom. The van der Waals surface area contributed by atoms with Gasteiger partial charge in [0.25, 0.3) is 0 Å². The lowest BCUT2D eigenvalue weighted by atomic mass is 9.99. The third-order valence-electron chi connectivity index (χ3n) is 4.06. The maximum absolute atomic E-state index is 14.5. The smallest absolute Gasteiger partial charge is 0.138 e. The summed E-state index contributed by atoms with van der Waals surface area (Å²) in [6, 6.07) is 2.86. The molecule has 0 amide bonds. The zero-order valence-corrected chi connectivity index (χ0v) is 17.0. The molecule has 0 saturated heterocycles. The van der Waals surface area contributed by atoms with Gasteiger partial charge in [0.15, 0.2) is 0 Å². The molecule has 7 heteroatoms. The normalized spacial score (nSPS) is 16.4. The predicted molar refractivity (Wildman–Crippen MR) is 116 cm³/mol. The van der Waals surface area contributed by atoms with Crippen molar-refractivity contribution in [1.29, 1.82) is 0 Å². The van der Waals surface area contributed by atoms with E-state index in [-0.39, 0.29) is 11.6 Å². The fourth-order valence-corrected chi connectivity index (χ4v) is 2.97. The summed E-state index contributed by atoms with van der Waals surface area (Å²) < 4.78 is 20.2. The van der Waals surface area contributed by atoms with Crippen molar-refractivity contribution in [2.75, 3.05) is 20.2 Å². The molecule has 1 aromatic rings. The molecule has 0 unspecified atom stereocenters. The van der Waals surface area contributed by atoms with Crippen LogP contribution in [0.2, 0.25) is 5.02 Å². The van der Waals surface area contributed by atoms with Crippen LogP contribution >= 0.6 is 23.2 Å². The molecule has 0 aliphatic carbocycles. The Labute approximate surface area is 174 Å². The van der Waals surface area contributed by atoms with Gasteiger partial charge in [-0.15, -0.1) is 0 Å². The van der Waals surface area contributed by atoms with Crippen LogP contribution in [0.4, 0.5) is 4.39 Å². The summed E-state index contributed by atoms with van der Waals surface area (Å²) in [6.07, 6.45) is 10.3. The number of nitrogens with two attached hydrogens (primary N) is 1. The van der Waals surface area contributed by atoms with E-state index in [1.807, 2.05) is 6.20 Å². The van der Waals surface area contributed by atoms with Gasteiger partial charge < -0.3 is 15.8 Å². The minimum absolute atomic E-state index is 0.236. The minimum atomic E-state index is -0.400. The highest BCUT2D eigenvalue weighted by Crippen LogP contribution is 2.34. The summed E-state index contributed by atoms with van der Waals surface area (Å²) in [7, 11) is 1.67. The van der Waals surface area contributed by atoms with E-state index in [1.54, 1.807) is 31.5 Å². The molecule has 1 aliphatic rings. The summed E-state index contributed by atoms with van der Waals surface area (Å²) in [5.41, 5.74) is 8.40. The lowest BCUT2D eigenvalue weighted by Crippen LogP contribution is -2.04. The highest BCUT2D eigenvalue weighted by molar-refractivity contribution is 6.33. The molecule has 0 atom stereocenters. The third kappa shape index (κ3) is 5.75. The molecule has 28 heavy (non-hydrogen) atoms. The van der Waals surface area contributed by atoms with Crippen LogP contribution in [0.1, 0.15) is 5.56 Å². The average molecular weight is 422 g/mol. The Hall–Kier alpha value is -2.50. The monoisotopic (exact) mass is 421 g/mol. The SMILES string of the molecule is C=C/C(=C\C=NC)COc1ccc(F)c(CC2=CNC/C2=C\C(Cl)=C/N)c1Cl. The van der Waals surface area contributed by atoms with Crippen molar-refractivity contribution >= 4 is 29.4 Å². The van der Waals surface area contributed by atoms with Crippen LogP contribution in [0.15, 0.2) is 76.1 Å². The molecule has 0 spiro atoms. The van der Waals surface area contributed by atoms with Crippen LogP contribution in [0.3, 0.4) is 0 Å². The third-order valence-corrected chi connectivity index (χ3v) is 4.71. The van der Waals surface area contributed by atoms with Crippen LogP contribution in [0.5, 0.6) is 5.75 Å². The van der Waals surface area contributed by atoms with E-state index in [0.717, 1.165) is 16.7 Å². The van der Waals surface area contributed by atoms with Gasteiger partial charge in [0, 0.05) is 44.2 Å². The lowest BCUT2D eigenvalue weighted by Gasteiger charge is -2.13. The first-order chi connectivity index (χ1) is 13.5. The maximum atomic E-state index is 14.5. The molecule has 0 radical (unpaired) electrons. The first-order valence-electron chi connectivity index (χ1n) is 8.54. The van der Waals surface area contributed by atoms with Gasteiger partial charge >= 0.3 is 0 Å². The van der Waals surface area contributed by atoms with E-state index in [4.69, 9.17) is 33.7 Å². The summed E-state index contributed by atoms with van der Waals surface area (Å²) in [6.45, 7) is 4.57. The fourth-order valence-electron chi connectivity index (χ4n) is 2.56. The molecule has 0 aromatic heterocycles. The molecule has 0 fully saturated rings. The average Bonchev–Trinajstić information content (AvgIpc) is 3.13. The standard InChI is InChI=1S/C21H22Cl2FN3O/c1-3-14(6-7-26-2)13-28-20-5-4-19(24)18(21(20)23)9-16-12-27-11-15(16)8-17(22)10-25/h3-8,10,12,27H,1,9,11,13,25H2,2H3/b14-6+,15-8+,17-10+,26-7?. The number of hydrogen-bond donors (Lipinski definition) is 2. The van der Waals surface area contributed by atoms with E-state index >= 15 is 0 Å². The Morgan fingerprint density at radius 2 is 2.25 bits per heavy atom. The van der Waals surface area contributed by atoms with Gasteiger partial charge in [-0.2, -0.15) is 0 Å². The first-order valence-corrected chi connectivity index (χ1v) is 9.30. The van der Waals surface area contributed by atoms with E-state index < -0.39 is 5.82 Å². The van der Waals surface area contributed by atoms with Crippen molar-refractivity contribution in [3.8, 4) is 5.75 Å². The summed E-state index contributed by atoms with van der Waals surface area (Å²) in [4.78, 5) is 3.89. The Balaban J connectivity index is 2.23. The molecular formula is C21H22Cl2FN3O. The van der Waals surface area contributed by atoms with Crippen LogP contribution in [-0.4, -0.2) is 26.4 Å². The molecule has 1 aliphatic heterocycles. The van der Waals surface area contributed by atoms with Crippen molar-refractivity contribution in [2.45, 2.75) is 6.42 Å². The fraction of sp³-hybridized carbons (Fsp3) is 0.190. The van der Waals surface area contributed by atoms with Crippen molar-refractivity contribution in [2.24, 2.45) is 10.7 Å². The maximum Gasteiger partial charge on any atom is 0.138 e. The van der Waals surface area contributed by atoms with Crippen LogP contribution < -0.4 is 15.8 Å². The van der Waals surface area contributed by atoms with Gasteiger partial charge in [-0.3, -0.25) is 4.99 Å². The van der Waals surface area contributed by atoms with Gasteiger partial charge in [0.05, 0.1) is 10.1 Å². The Bertz CT molecular complexity index is 886. The molecule has 1 aromatic carbocycles. The van der Waals surface area contributed by atoms with E-state index in [1.165, 1.54) is 18.3 Å². The van der Waals surface area contributed by atoms with E-state index in [9.17, 15) is 4.39 Å². The Kier molecular flexibility index (Phi) is 8.36. The number of aliphatic imine (C=N–C) groups is 1. The number of allylic oxidation sites excluding steroid dienone is 3. The zero-order valence-electron chi connectivity index (χ0n) is 15.5. The second-order valence-electron chi connectivity index (χ2n) is 5.93.